The van der Waals surface area contributed by atoms with Crippen LogP contribution >= 0.6 is 0 Å². The van der Waals surface area contributed by atoms with E-state index in [9.17, 15) is 14.9 Å². The maximum Gasteiger partial charge on any atom is 0.296 e. The van der Waals surface area contributed by atoms with Crippen molar-refractivity contribution in [3.63, 3.8) is 0 Å². The highest BCUT2D eigenvalue weighted by molar-refractivity contribution is 5.95. The predicted octanol–water partition coefficient (Wildman–Crippen LogP) is 1.93. The van der Waals surface area contributed by atoms with Crippen LogP contribution in [0.25, 0.3) is 0 Å². The number of carbonyl (C=O) groups is 1. The van der Waals surface area contributed by atoms with Crippen molar-refractivity contribution in [2.24, 2.45) is 5.92 Å². The van der Waals surface area contributed by atoms with Gasteiger partial charge in [0.2, 0.25) is 5.91 Å². The molecule has 0 saturated carbocycles. The van der Waals surface area contributed by atoms with Gasteiger partial charge in [0.15, 0.2) is 0 Å². The van der Waals surface area contributed by atoms with Crippen LogP contribution in [0.15, 0.2) is 18.2 Å². The zero-order valence-corrected chi connectivity index (χ0v) is 11.9. The SMILES string of the molecule is CCOc1ccc(NC(=O)[C@H]2CCCNC2)c([N+](=O)[O-])c1. The standard InChI is InChI=1S/C14H19N3O4/c1-2-21-11-5-6-12(13(8-11)17(19)20)16-14(18)10-4-3-7-15-9-10/h5-6,8,10,15H,2-4,7,9H2,1H3,(H,16,18)/t10-/m0/s1. The molecule has 7 nitrogen and oxygen atoms in total. The fourth-order valence-electron chi connectivity index (χ4n) is 2.34. The number of benzene rings is 1. The highest BCUT2D eigenvalue weighted by Crippen LogP contribution is 2.29. The van der Waals surface area contributed by atoms with Crippen LogP contribution in [0.5, 0.6) is 5.75 Å². The normalized spacial score (nSPS) is 18.0. The maximum absolute atomic E-state index is 12.1. The highest BCUT2D eigenvalue weighted by atomic mass is 16.6. The number of amides is 1. The van der Waals surface area contributed by atoms with E-state index in [1.165, 1.54) is 12.1 Å². The Kier molecular flexibility index (Phi) is 5.10. The number of anilines is 1. The minimum absolute atomic E-state index is 0.148. The molecule has 1 amide bonds. The first kappa shape index (κ1) is 15.2. The van der Waals surface area contributed by atoms with Crippen LogP contribution in [-0.2, 0) is 4.79 Å². The summed E-state index contributed by atoms with van der Waals surface area (Å²) in [5.74, 6) is 0.0842. The van der Waals surface area contributed by atoms with Gasteiger partial charge >= 0.3 is 0 Å². The van der Waals surface area contributed by atoms with Gasteiger partial charge in [-0.05, 0) is 38.4 Å². The van der Waals surface area contributed by atoms with Crippen LogP contribution < -0.4 is 15.4 Å². The topological polar surface area (TPSA) is 93.5 Å². The van der Waals surface area contributed by atoms with Gasteiger partial charge in [-0.25, -0.2) is 0 Å². The lowest BCUT2D eigenvalue weighted by atomic mass is 9.99. The molecule has 21 heavy (non-hydrogen) atoms. The van der Waals surface area contributed by atoms with E-state index in [-0.39, 0.29) is 23.2 Å². The molecule has 1 heterocycles. The Morgan fingerprint density at radius 3 is 3.00 bits per heavy atom. The second kappa shape index (κ2) is 7.03. The van der Waals surface area contributed by atoms with Crippen molar-refractivity contribution < 1.29 is 14.5 Å². The number of nitrogens with zero attached hydrogens (tertiary/aromatic N) is 1. The van der Waals surface area contributed by atoms with Crippen molar-refractivity contribution in [2.75, 3.05) is 25.0 Å². The zero-order valence-electron chi connectivity index (χ0n) is 11.9. The number of carbonyl (C=O) groups excluding carboxylic acids is 1. The Morgan fingerprint density at radius 2 is 2.38 bits per heavy atom. The van der Waals surface area contributed by atoms with Crippen molar-refractivity contribution in [3.8, 4) is 5.75 Å². The Bertz CT molecular complexity index is 527. The number of rotatable bonds is 5. The van der Waals surface area contributed by atoms with Gasteiger partial charge in [0.25, 0.3) is 5.69 Å². The molecule has 1 atom stereocenters. The number of hydrogen-bond acceptors (Lipinski definition) is 5. The van der Waals surface area contributed by atoms with E-state index in [0.717, 1.165) is 19.4 Å². The van der Waals surface area contributed by atoms with Crippen LogP contribution in [0.4, 0.5) is 11.4 Å². The van der Waals surface area contributed by atoms with Gasteiger partial charge in [-0.3, -0.25) is 14.9 Å². The number of nitro groups is 1. The third kappa shape index (κ3) is 3.91. The molecule has 2 rings (SSSR count). The van der Waals surface area contributed by atoms with Gasteiger partial charge in [0.05, 0.1) is 23.5 Å². The second-order valence-electron chi connectivity index (χ2n) is 4.90. The summed E-state index contributed by atoms with van der Waals surface area (Å²) >= 11 is 0. The van der Waals surface area contributed by atoms with Crippen LogP contribution in [0.2, 0.25) is 0 Å². The van der Waals surface area contributed by atoms with E-state index >= 15 is 0 Å². The van der Waals surface area contributed by atoms with Gasteiger partial charge in [-0.1, -0.05) is 0 Å². The Labute approximate surface area is 122 Å². The van der Waals surface area contributed by atoms with Crippen molar-refractivity contribution in [2.45, 2.75) is 19.8 Å². The second-order valence-corrected chi connectivity index (χ2v) is 4.90. The molecule has 1 aromatic rings. The lowest BCUT2D eigenvalue weighted by Gasteiger charge is -2.21. The summed E-state index contributed by atoms with van der Waals surface area (Å²) in [7, 11) is 0. The molecule has 1 aromatic carbocycles. The molecule has 1 aliphatic rings. The number of hydrogen-bond donors (Lipinski definition) is 2. The molecule has 0 aromatic heterocycles. The fraction of sp³-hybridized carbons (Fsp3) is 0.500. The molecule has 2 N–H and O–H groups in total. The van der Waals surface area contributed by atoms with Crippen LogP contribution in [-0.4, -0.2) is 30.5 Å². The molecule has 0 unspecified atom stereocenters. The van der Waals surface area contributed by atoms with E-state index in [0.29, 0.717) is 18.9 Å². The lowest BCUT2D eigenvalue weighted by Crippen LogP contribution is -2.37. The van der Waals surface area contributed by atoms with Crippen LogP contribution in [0.1, 0.15) is 19.8 Å². The molecule has 0 aliphatic carbocycles. The zero-order chi connectivity index (χ0) is 15.2. The smallest absolute Gasteiger partial charge is 0.296 e. The van der Waals surface area contributed by atoms with Crippen molar-refractivity contribution in [3.05, 3.63) is 28.3 Å². The molecule has 1 saturated heterocycles. The number of ether oxygens (including phenoxy) is 1. The minimum atomic E-state index is -0.517. The predicted molar refractivity (Wildman–Crippen MR) is 78.5 cm³/mol. The largest absolute Gasteiger partial charge is 0.494 e. The monoisotopic (exact) mass is 293 g/mol. The van der Waals surface area contributed by atoms with Gasteiger partial charge in [0, 0.05) is 6.54 Å². The van der Waals surface area contributed by atoms with Gasteiger partial charge in [-0.2, -0.15) is 0 Å². The average molecular weight is 293 g/mol. The summed E-state index contributed by atoms with van der Waals surface area (Å²) in [6, 6.07) is 4.46. The van der Waals surface area contributed by atoms with E-state index in [1.54, 1.807) is 13.0 Å². The molecule has 1 aliphatic heterocycles. The molecule has 1 fully saturated rings. The Balaban J connectivity index is 2.14. The third-order valence-electron chi connectivity index (χ3n) is 3.40. The first-order valence-electron chi connectivity index (χ1n) is 7.04. The Morgan fingerprint density at radius 1 is 1.57 bits per heavy atom. The highest BCUT2D eigenvalue weighted by Gasteiger charge is 2.24. The number of nitrogens with one attached hydrogen (secondary N) is 2. The number of nitro benzene ring substituents is 1. The van der Waals surface area contributed by atoms with Gasteiger partial charge < -0.3 is 15.4 Å². The average Bonchev–Trinajstić information content (AvgIpc) is 2.49. The molecule has 0 spiro atoms. The molecular formula is C14H19N3O4. The van der Waals surface area contributed by atoms with E-state index in [1.807, 2.05) is 0 Å². The molecule has 114 valence electrons. The summed E-state index contributed by atoms with van der Waals surface area (Å²) in [5.41, 5.74) is 0.0529. The van der Waals surface area contributed by atoms with Crippen LogP contribution in [0.3, 0.4) is 0 Å². The summed E-state index contributed by atoms with van der Waals surface area (Å²) in [4.78, 5) is 22.8. The Hall–Kier alpha value is -2.15. The quantitative estimate of drug-likeness (QED) is 0.639. The summed E-state index contributed by atoms with van der Waals surface area (Å²) in [6.45, 7) is 3.75. The van der Waals surface area contributed by atoms with Crippen molar-refractivity contribution in [1.29, 1.82) is 0 Å². The molecule has 0 radical (unpaired) electrons. The van der Waals surface area contributed by atoms with Crippen LogP contribution in [0, 0.1) is 16.0 Å². The summed E-state index contributed by atoms with van der Waals surface area (Å²) in [5, 5.41) is 16.9. The van der Waals surface area contributed by atoms with Gasteiger partial charge in [0.1, 0.15) is 11.4 Å². The summed E-state index contributed by atoms with van der Waals surface area (Å²) in [6.07, 6.45) is 1.73. The van der Waals surface area contributed by atoms with E-state index in [2.05, 4.69) is 10.6 Å². The first-order chi connectivity index (χ1) is 10.1. The third-order valence-corrected chi connectivity index (χ3v) is 3.40. The van der Waals surface area contributed by atoms with Crippen molar-refractivity contribution >= 4 is 17.3 Å². The lowest BCUT2D eigenvalue weighted by molar-refractivity contribution is -0.384. The molecular weight excluding hydrogens is 274 g/mol. The minimum Gasteiger partial charge on any atom is -0.494 e. The van der Waals surface area contributed by atoms with E-state index < -0.39 is 4.92 Å². The maximum atomic E-state index is 12.1. The van der Waals surface area contributed by atoms with E-state index in [4.69, 9.17) is 4.74 Å². The molecule has 0 bridgehead atoms. The number of piperidine rings is 1. The van der Waals surface area contributed by atoms with Gasteiger partial charge in [-0.15, -0.1) is 0 Å². The first-order valence-corrected chi connectivity index (χ1v) is 7.04. The fourth-order valence-corrected chi connectivity index (χ4v) is 2.34. The summed E-state index contributed by atoms with van der Waals surface area (Å²) < 4.78 is 5.25. The molecule has 7 heteroatoms. The van der Waals surface area contributed by atoms with Crippen molar-refractivity contribution in [1.82, 2.24) is 5.32 Å².